The minimum atomic E-state index is 0.687. The van der Waals surface area contributed by atoms with Crippen molar-refractivity contribution < 1.29 is 4.74 Å². The highest BCUT2D eigenvalue weighted by Crippen LogP contribution is 2.19. The monoisotopic (exact) mass is 255 g/mol. The fourth-order valence-corrected chi connectivity index (χ4v) is 3.12. The van der Waals surface area contributed by atoms with Crippen LogP contribution in [0.3, 0.4) is 0 Å². The molecule has 17 heavy (non-hydrogen) atoms. The van der Waals surface area contributed by atoms with E-state index in [4.69, 9.17) is 10.5 Å². The second kappa shape index (κ2) is 6.44. The molecule has 1 atom stereocenters. The molecule has 0 bridgehead atoms. The number of aromatic nitrogens is 1. The lowest BCUT2D eigenvalue weighted by Gasteiger charge is -2.14. The van der Waals surface area contributed by atoms with Crippen molar-refractivity contribution in [3.63, 3.8) is 0 Å². The first-order valence-electron chi connectivity index (χ1n) is 6.16. The minimum absolute atomic E-state index is 0.687. The number of rotatable bonds is 6. The van der Waals surface area contributed by atoms with Crippen LogP contribution < -0.4 is 5.73 Å². The van der Waals surface area contributed by atoms with Crippen molar-refractivity contribution in [1.29, 1.82) is 0 Å². The van der Waals surface area contributed by atoms with Crippen LogP contribution in [0.25, 0.3) is 0 Å². The lowest BCUT2D eigenvalue weighted by molar-refractivity contribution is 0.152. The van der Waals surface area contributed by atoms with Crippen LogP contribution >= 0.6 is 11.3 Å². The van der Waals surface area contributed by atoms with Gasteiger partial charge in [0.05, 0.1) is 17.3 Å². The number of hydrogen-bond acceptors (Lipinski definition) is 5. The molecule has 1 fully saturated rings. The molecule has 1 aromatic rings. The third kappa shape index (κ3) is 3.74. The van der Waals surface area contributed by atoms with Gasteiger partial charge in [0, 0.05) is 32.0 Å². The predicted molar refractivity (Wildman–Crippen MR) is 70.1 cm³/mol. The Balaban J connectivity index is 1.80. The first-order valence-corrected chi connectivity index (χ1v) is 7.04. The molecule has 0 aliphatic carbocycles. The predicted octanol–water partition coefficient (Wildman–Crippen LogP) is 1.11. The van der Waals surface area contributed by atoms with Crippen molar-refractivity contribution in [2.75, 3.05) is 33.4 Å². The Morgan fingerprint density at radius 1 is 1.65 bits per heavy atom. The standard InChI is InChI=1S/C12H21N3OS/c1-16-8-10-3-5-15(6-10)7-11-9-17-12(14-11)2-4-13/h9-10H,2-8,13H2,1H3. The van der Waals surface area contributed by atoms with E-state index in [1.54, 1.807) is 18.4 Å². The fraction of sp³-hybridized carbons (Fsp3) is 0.750. The van der Waals surface area contributed by atoms with E-state index >= 15 is 0 Å². The maximum absolute atomic E-state index is 5.53. The Morgan fingerprint density at radius 3 is 3.29 bits per heavy atom. The van der Waals surface area contributed by atoms with Gasteiger partial charge in [-0.2, -0.15) is 0 Å². The van der Waals surface area contributed by atoms with Gasteiger partial charge in [-0.1, -0.05) is 0 Å². The van der Waals surface area contributed by atoms with Crippen LogP contribution in [0.5, 0.6) is 0 Å². The maximum Gasteiger partial charge on any atom is 0.0941 e. The summed E-state index contributed by atoms with van der Waals surface area (Å²) in [6.07, 6.45) is 2.14. The highest BCUT2D eigenvalue weighted by Gasteiger charge is 2.22. The van der Waals surface area contributed by atoms with Gasteiger partial charge in [-0.05, 0) is 25.4 Å². The molecule has 0 saturated carbocycles. The number of nitrogens with zero attached hydrogens (tertiary/aromatic N) is 2. The summed E-state index contributed by atoms with van der Waals surface area (Å²) in [7, 11) is 1.78. The average molecular weight is 255 g/mol. The Hall–Kier alpha value is -0.490. The lowest BCUT2D eigenvalue weighted by atomic mass is 10.1. The summed E-state index contributed by atoms with van der Waals surface area (Å²) in [6.45, 7) is 4.84. The van der Waals surface area contributed by atoms with Crippen LogP contribution in [0.4, 0.5) is 0 Å². The van der Waals surface area contributed by atoms with Crippen molar-refractivity contribution in [2.24, 2.45) is 11.7 Å². The fourth-order valence-electron chi connectivity index (χ4n) is 2.32. The van der Waals surface area contributed by atoms with Gasteiger partial charge in [-0.25, -0.2) is 4.98 Å². The van der Waals surface area contributed by atoms with Crippen molar-refractivity contribution >= 4 is 11.3 Å². The van der Waals surface area contributed by atoms with E-state index < -0.39 is 0 Å². The van der Waals surface area contributed by atoms with Gasteiger partial charge in [-0.3, -0.25) is 4.90 Å². The molecule has 2 N–H and O–H groups in total. The number of hydrogen-bond donors (Lipinski definition) is 1. The molecule has 0 radical (unpaired) electrons. The third-order valence-electron chi connectivity index (χ3n) is 3.12. The summed E-state index contributed by atoms with van der Waals surface area (Å²) in [6, 6.07) is 0. The van der Waals surface area contributed by atoms with E-state index in [2.05, 4.69) is 15.3 Å². The normalized spacial score (nSPS) is 21.2. The Kier molecular flexibility index (Phi) is 4.91. The van der Waals surface area contributed by atoms with Gasteiger partial charge >= 0.3 is 0 Å². The molecule has 1 aliphatic heterocycles. The zero-order valence-corrected chi connectivity index (χ0v) is 11.2. The highest BCUT2D eigenvalue weighted by atomic mass is 32.1. The SMILES string of the molecule is COCC1CCN(Cc2csc(CCN)n2)C1. The van der Waals surface area contributed by atoms with Crippen LogP contribution in [-0.4, -0.2) is 43.2 Å². The Bertz CT molecular complexity index is 342. The number of nitrogens with two attached hydrogens (primary N) is 1. The summed E-state index contributed by atoms with van der Waals surface area (Å²) in [4.78, 5) is 7.06. The average Bonchev–Trinajstić information content (AvgIpc) is 2.91. The highest BCUT2D eigenvalue weighted by molar-refractivity contribution is 7.09. The second-order valence-electron chi connectivity index (χ2n) is 4.62. The molecule has 0 amide bonds. The van der Waals surface area contributed by atoms with Gasteiger partial charge in [0.15, 0.2) is 0 Å². The summed E-state index contributed by atoms with van der Waals surface area (Å²) >= 11 is 1.73. The van der Waals surface area contributed by atoms with E-state index in [9.17, 15) is 0 Å². The van der Waals surface area contributed by atoms with Gasteiger partial charge in [0.2, 0.25) is 0 Å². The van der Waals surface area contributed by atoms with Gasteiger partial charge in [0.25, 0.3) is 0 Å². The van der Waals surface area contributed by atoms with Crippen LogP contribution in [0.1, 0.15) is 17.1 Å². The van der Waals surface area contributed by atoms with E-state index in [1.165, 1.54) is 12.1 Å². The topological polar surface area (TPSA) is 51.4 Å². The van der Waals surface area contributed by atoms with Gasteiger partial charge in [-0.15, -0.1) is 11.3 Å². The van der Waals surface area contributed by atoms with Crippen LogP contribution in [0.15, 0.2) is 5.38 Å². The van der Waals surface area contributed by atoms with E-state index in [0.29, 0.717) is 12.5 Å². The molecule has 1 aromatic heterocycles. The van der Waals surface area contributed by atoms with Crippen LogP contribution in [-0.2, 0) is 17.7 Å². The smallest absolute Gasteiger partial charge is 0.0941 e. The quantitative estimate of drug-likeness (QED) is 0.827. The second-order valence-corrected chi connectivity index (χ2v) is 5.56. The molecule has 1 unspecified atom stereocenters. The van der Waals surface area contributed by atoms with Crippen molar-refractivity contribution in [2.45, 2.75) is 19.4 Å². The lowest BCUT2D eigenvalue weighted by Crippen LogP contribution is -2.21. The zero-order chi connectivity index (χ0) is 12.1. The molecule has 0 aromatic carbocycles. The Labute approximate surface area is 107 Å². The molecular weight excluding hydrogens is 234 g/mol. The van der Waals surface area contributed by atoms with Crippen molar-refractivity contribution in [1.82, 2.24) is 9.88 Å². The molecule has 0 spiro atoms. The van der Waals surface area contributed by atoms with E-state index in [0.717, 1.165) is 37.7 Å². The molecule has 5 heteroatoms. The number of likely N-dealkylation sites (tertiary alicyclic amines) is 1. The largest absolute Gasteiger partial charge is 0.384 e. The molecule has 2 rings (SSSR count). The Morgan fingerprint density at radius 2 is 2.53 bits per heavy atom. The van der Waals surface area contributed by atoms with Gasteiger partial charge < -0.3 is 10.5 Å². The molecule has 1 saturated heterocycles. The summed E-state index contributed by atoms with van der Waals surface area (Å²) in [5.41, 5.74) is 6.72. The van der Waals surface area contributed by atoms with Crippen LogP contribution in [0.2, 0.25) is 0 Å². The summed E-state index contributed by atoms with van der Waals surface area (Å²) < 4.78 is 5.21. The van der Waals surface area contributed by atoms with Crippen LogP contribution in [0, 0.1) is 5.92 Å². The van der Waals surface area contributed by atoms with E-state index in [-0.39, 0.29) is 0 Å². The zero-order valence-electron chi connectivity index (χ0n) is 10.4. The first kappa shape index (κ1) is 13.0. The molecular formula is C12H21N3OS. The van der Waals surface area contributed by atoms with Crippen molar-refractivity contribution in [3.8, 4) is 0 Å². The summed E-state index contributed by atoms with van der Waals surface area (Å²) in [5.74, 6) is 0.696. The molecule has 4 nitrogen and oxygen atoms in total. The first-order chi connectivity index (χ1) is 8.31. The van der Waals surface area contributed by atoms with Gasteiger partial charge in [0.1, 0.15) is 0 Å². The molecule has 96 valence electrons. The number of thiazole rings is 1. The van der Waals surface area contributed by atoms with Crippen molar-refractivity contribution in [3.05, 3.63) is 16.1 Å². The molecule has 2 heterocycles. The molecule has 1 aliphatic rings. The number of ether oxygens (including phenoxy) is 1. The van der Waals surface area contributed by atoms with E-state index in [1.807, 2.05) is 0 Å². The minimum Gasteiger partial charge on any atom is -0.384 e. The third-order valence-corrected chi connectivity index (χ3v) is 4.07. The number of methoxy groups -OCH3 is 1. The summed E-state index contributed by atoms with van der Waals surface area (Å²) in [5, 5.41) is 3.32. The maximum atomic E-state index is 5.53.